The highest BCUT2D eigenvalue weighted by Gasteiger charge is 2.38. The number of aryl methyl sites for hydroxylation is 1. The zero-order valence-corrected chi connectivity index (χ0v) is 17.0. The zero-order chi connectivity index (χ0) is 21.8. The molecule has 2 aromatic rings. The van der Waals surface area contributed by atoms with Crippen LogP contribution < -0.4 is 15.0 Å². The van der Waals surface area contributed by atoms with Gasteiger partial charge in [0.05, 0.1) is 18.7 Å². The van der Waals surface area contributed by atoms with Gasteiger partial charge < -0.3 is 19.7 Å². The highest BCUT2D eigenvalue weighted by Crippen LogP contribution is 2.34. The van der Waals surface area contributed by atoms with Crippen molar-refractivity contribution in [3.63, 3.8) is 0 Å². The summed E-state index contributed by atoms with van der Waals surface area (Å²) in [4.78, 5) is 38.8. The molecule has 0 aliphatic carbocycles. The van der Waals surface area contributed by atoms with E-state index in [0.717, 1.165) is 11.6 Å². The third kappa shape index (κ3) is 4.76. The summed E-state index contributed by atoms with van der Waals surface area (Å²) >= 11 is 0. The molecule has 1 heterocycles. The lowest BCUT2D eigenvalue weighted by molar-refractivity contribution is -0.157. The van der Waals surface area contributed by atoms with Gasteiger partial charge >= 0.3 is 5.97 Å². The molecule has 0 unspecified atom stereocenters. The molecule has 30 heavy (non-hydrogen) atoms. The van der Waals surface area contributed by atoms with Gasteiger partial charge in [0.15, 0.2) is 6.10 Å². The summed E-state index contributed by atoms with van der Waals surface area (Å²) in [7, 11) is 1.51. The number of ether oxygens (including phenoxy) is 2. The highest BCUT2D eigenvalue weighted by atomic mass is 19.1. The van der Waals surface area contributed by atoms with Gasteiger partial charge in [0, 0.05) is 18.7 Å². The van der Waals surface area contributed by atoms with E-state index in [9.17, 15) is 18.8 Å². The van der Waals surface area contributed by atoms with Crippen molar-refractivity contribution in [1.82, 2.24) is 0 Å². The van der Waals surface area contributed by atoms with E-state index >= 15 is 0 Å². The van der Waals surface area contributed by atoms with Crippen molar-refractivity contribution in [1.29, 1.82) is 0 Å². The summed E-state index contributed by atoms with van der Waals surface area (Å²) in [5.41, 5.74) is 1.80. The minimum absolute atomic E-state index is 0.0197. The minimum atomic E-state index is -1.10. The van der Waals surface area contributed by atoms with E-state index in [0.29, 0.717) is 11.4 Å². The third-order valence-corrected chi connectivity index (χ3v) is 4.84. The maximum Gasteiger partial charge on any atom is 0.312 e. The number of hydrogen-bond acceptors (Lipinski definition) is 5. The lowest BCUT2D eigenvalue weighted by atomic mass is 10.1. The third-order valence-electron chi connectivity index (χ3n) is 4.84. The van der Waals surface area contributed by atoms with Gasteiger partial charge in [0.2, 0.25) is 5.91 Å². The predicted molar refractivity (Wildman–Crippen MR) is 109 cm³/mol. The summed E-state index contributed by atoms with van der Waals surface area (Å²) in [5, 5.41) is 2.49. The topological polar surface area (TPSA) is 84.9 Å². The first-order valence-corrected chi connectivity index (χ1v) is 9.50. The van der Waals surface area contributed by atoms with Crippen LogP contribution in [0, 0.1) is 18.7 Å². The fourth-order valence-corrected chi connectivity index (χ4v) is 3.24. The number of nitrogens with one attached hydrogen (secondary N) is 1. The van der Waals surface area contributed by atoms with E-state index in [1.165, 1.54) is 37.1 Å². The Kier molecular flexibility index (Phi) is 6.34. The van der Waals surface area contributed by atoms with Crippen molar-refractivity contribution in [2.24, 2.45) is 5.92 Å². The normalized spacial score (nSPS) is 16.9. The molecule has 8 heteroatoms. The molecule has 1 N–H and O–H groups in total. The van der Waals surface area contributed by atoms with Gasteiger partial charge in [-0.05, 0) is 49.7 Å². The fourth-order valence-electron chi connectivity index (χ4n) is 3.24. The number of carbonyl (C=O) groups is 3. The standard InChI is InChI=1S/C22H23FN2O5/c1-13-7-8-19(29-3)18(9-13)25-12-15(10-20(25)26)22(28)30-14(2)21(27)24-17-6-4-5-16(23)11-17/h4-9,11,14-15H,10,12H2,1-3H3,(H,24,27)/t14-,15-/m1/s1. The molecule has 0 aromatic heterocycles. The van der Waals surface area contributed by atoms with E-state index in [2.05, 4.69) is 5.32 Å². The molecule has 1 fully saturated rings. The fraction of sp³-hybridized carbons (Fsp3) is 0.318. The number of hydrogen-bond donors (Lipinski definition) is 1. The second kappa shape index (κ2) is 8.94. The Labute approximate surface area is 173 Å². The molecule has 1 saturated heterocycles. The van der Waals surface area contributed by atoms with Crippen molar-refractivity contribution in [3.8, 4) is 5.75 Å². The Morgan fingerprint density at radius 1 is 1.23 bits per heavy atom. The van der Waals surface area contributed by atoms with E-state index in [-0.39, 0.29) is 24.6 Å². The number of nitrogens with zero attached hydrogens (tertiary/aromatic N) is 1. The predicted octanol–water partition coefficient (Wildman–Crippen LogP) is 3.07. The van der Waals surface area contributed by atoms with E-state index in [1.54, 1.807) is 6.07 Å². The molecule has 158 valence electrons. The summed E-state index contributed by atoms with van der Waals surface area (Å²) < 4.78 is 23.8. The van der Waals surface area contributed by atoms with Gasteiger partial charge in [0.25, 0.3) is 5.91 Å². The van der Waals surface area contributed by atoms with Crippen LogP contribution in [0.3, 0.4) is 0 Å². The molecule has 0 bridgehead atoms. The van der Waals surface area contributed by atoms with Crippen molar-refractivity contribution in [2.45, 2.75) is 26.4 Å². The van der Waals surface area contributed by atoms with Crippen LogP contribution in [0.15, 0.2) is 42.5 Å². The van der Waals surface area contributed by atoms with Gasteiger partial charge in [-0.1, -0.05) is 12.1 Å². The summed E-state index contributed by atoms with van der Waals surface area (Å²) in [5.74, 6) is -2.11. The second-order valence-corrected chi connectivity index (χ2v) is 7.16. The zero-order valence-electron chi connectivity index (χ0n) is 17.0. The van der Waals surface area contributed by atoms with Crippen molar-refractivity contribution >= 4 is 29.2 Å². The number of methoxy groups -OCH3 is 1. The van der Waals surface area contributed by atoms with E-state index in [4.69, 9.17) is 9.47 Å². The largest absolute Gasteiger partial charge is 0.495 e. The van der Waals surface area contributed by atoms with Crippen LogP contribution in [-0.4, -0.2) is 37.5 Å². The van der Waals surface area contributed by atoms with Crippen LogP contribution in [0.2, 0.25) is 0 Å². The Hall–Kier alpha value is -3.42. The number of benzene rings is 2. The van der Waals surface area contributed by atoms with Crippen LogP contribution in [0.25, 0.3) is 0 Å². The molecule has 0 spiro atoms. The Morgan fingerprint density at radius 3 is 2.70 bits per heavy atom. The Balaban J connectivity index is 1.63. The van der Waals surface area contributed by atoms with Crippen LogP contribution >= 0.6 is 0 Å². The monoisotopic (exact) mass is 414 g/mol. The maximum atomic E-state index is 13.2. The van der Waals surface area contributed by atoms with Crippen LogP contribution in [0.1, 0.15) is 18.9 Å². The number of esters is 1. The average Bonchev–Trinajstić information content (AvgIpc) is 3.09. The molecular formula is C22H23FN2O5. The quantitative estimate of drug-likeness (QED) is 0.735. The Morgan fingerprint density at radius 2 is 2.00 bits per heavy atom. The van der Waals surface area contributed by atoms with E-state index < -0.39 is 29.7 Å². The van der Waals surface area contributed by atoms with Crippen molar-refractivity contribution < 1.29 is 28.2 Å². The molecule has 3 rings (SSSR count). The molecule has 1 aliphatic heterocycles. The van der Waals surface area contributed by atoms with E-state index in [1.807, 2.05) is 19.1 Å². The molecule has 2 atom stereocenters. The number of halogens is 1. The van der Waals surface area contributed by atoms with Crippen molar-refractivity contribution in [2.75, 3.05) is 23.9 Å². The molecule has 2 amide bonds. The molecular weight excluding hydrogens is 391 g/mol. The lowest BCUT2D eigenvalue weighted by Gasteiger charge is -2.20. The molecule has 0 saturated carbocycles. The molecule has 1 aliphatic rings. The summed E-state index contributed by atoms with van der Waals surface area (Å²) in [6.07, 6.45) is -1.12. The van der Waals surface area contributed by atoms with Gasteiger partial charge in [-0.2, -0.15) is 0 Å². The second-order valence-electron chi connectivity index (χ2n) is 7.16. The van der Waals surface area contributed by atoms with Crippen molar-refractivity contribution in [3.05, 3.63) is 53.8 Å². The number of carbonyl (C=O) groups excluding carboxylic acids is 3. The first kappa shape index (κ1) is 21.3. The highest BCUT2D eigenvalue weighted by molar-refractivity contribution is 6.01. The number of rotatable bonds is 6. The summed E-state index contributed by atoms with van der Waals surface area (Å²) in [6, 6.07) is 10.9. The maximum absolute atomic E-state index is 13.2. The first-order valence-electron chi connectivity index (χ1n) is 9.50. The number of anilines is 2. The SMILES string of the molecule is COc1ccc(C)cc1N1C[C@H](C(=O)O[C@H](C)C(=O)Nc2cccc(F)c2)CC1=O. The lowest BCUT2D eigenvalue weighted by Crippen LogP contribution is -2.33. The smallest absolute Gasteiger partial charge is 0.312 e. The average molecular weight is 414 g/mol. The van der Waals surface area contributed by atoms with Crippen LogP contribution in [0.5, 0.6) is 5.75 Å². The van der Waals surface area contributed by atoms with Gasteiger partial charge in [-0.25, -0.2) is 4.39 Å². The van der Waals surface area contributed by atoms with Gasteiger partial charge in [-0.3, -0.25) is 14.4 Å². The van der Waals surface area contributed by atoms with Gasteiger partial charge in [-0.15, -0.1) is 0 Å². The molecule has 7 nitrogen and oxygen atoms in total. The Bertz CT molecular complexity index is 978. The van der Waals surface area contributed by atoms with Gasteiger partial charge in [0.1, 0.15) is 11.6 Å². The first-order chi connectivity index (χ1) is 14.3. The molecule has 2 aromatic carbocycles. The van der Waals surface area contributed by atoms with Crippen LogP contribution in [-0.2, 0) is 19.1 Å². The minimum Gasteiger partial charge on any atom is -0.495 e. The summed E-state index contributed by atoms with van der Waals surface area (Å²) in [6.45, 7) is 3.45. The number of amides is 2. The van der Waals surface area contributed by atoms with Crippen LogP contribution in [0.4, 0.5) is 15.8 Å². The molecule has 0 radical (unpaired) electrons.